The monoisotopic (exact) mass is 338 g/mol. The Morgan fingerprint density at radius 1 is 1.08 bits per heavy atom. The van der Waals surface area contributed by atoms with Gasteiger partial charge in [-0.3, -0.25) is 0 Å². The lowest BCUT2D eigenvalue weighted by Gasteiger charge is -2.28. The highest BCUT2D eigenvalue weighted by atomic mass is 16.6. The normalized spacial score (nSPS) is 12.3. The fourth-order valence-corrected chi connectivity index (χ4v) is 1.63. The number of furan rings is 1. The van der Waals surface area contributed by atoms with E-state index < -0.39 is 17.5 Å². The summed E-state index contributed by atoms with van der Waals surface area (Å²) >= 11 is 0. The second kappa shape index (κ2) is 7.86. The van der Waals surface area contributed by atoms with Crippen LogP contribution in [0.4, 0.5) is 0 Å². The van der Waals surface area contributed by atoms with Crippen LogP contribution < -0.4 is 0 Å². The second-order valence-corrected chi connectivity index (χ2v) is 7.72. The molecule has 0 atom stereocenters. The van der Waals surface area contributed by atoms with E-state index in [1.54, 1.807) is 0 Å². The van der Waals surface area contributed by atoms with Gasteiger partial charge in [0, 0.05) is 0 Å². The summed E-state index contributed by atoms with van der Waals surface area (Å²) in [6.07, 6.45) is 1.78. The smallest absolute Gasteiger partial charge is 0.374 e. The molecule has 0 spiro atoms. The van der Waals surface area contributed by atoms with Crippen molar-refractivity contribution >= 4 is 11.9 Å². The number of carbonyl (C=O) groups is 2. The van der Waals surface area contributed by atoms with Gasteiger partial charge in [-0.1, -0.05) is 41.0 Å². The molecule has 0 aliphatic rings. The largest absolute Gasteiger partial charge is 0.460 e. The van der Waals surface area contributed by atoms with Crippen molar-refractivity contribution < 1.29 is 23.5 Å². The standard InChI is InChI=1S/C19H30O5/c1-8-18(4,5)11-12-22-16(20)14-9-10-15(23-14)17(21)24-19(6,7)13(2)3/h9-10,13H,8,11-12H2,1-7H3. The zero-order chi connectivity index (χ0) is 18.5. The summed E-state index contributed by atoms with van der Waals surface area (Å²) in [6, 6.07) is 2.87. The fourth-order valence-electron chi connectivity index (χ4n) is 1.63. The maximum atomic E-state index is 12.1. The Hall–Kier alpha value is -1.78. The van der Waals surface area contributed by atoms with Crippen LogP contribution in [0.15, 0.2) is 16.5 Å². The van der Waals surface area contributed by atoms with Crippen molar-refractivity contribution in [3.05, 3.63) is 23.7 Å². The first-order valence-electron chi connectivity index (χ1n) is 8.49. The number of esters is 2. The van der Waals surface area contributed by atoms with Crippen molar-refractivity contribution in [3.63, 3.8) is 0 Å². The van der Waals surface area contributed by atoms with E-state index in [4.69, 9.17) is 13.9 Å². The zero-order valence-corrected chi connectivity index (χ0v) is 15.9. The average Bonchev–Trinajstić information content (AvgIpc) is 2.96. The maximum Gasteiger partial charge on any atom is 0.374 e. The Morgan fingerprint density at radius 3 is 2.12 bits per heavy atom. The van der Waals surface area contributed by atoms with Crippen molar-refractivity contribution in [3.8, 4) is 0 Å². The summed E-state index contributed by atoms with van der Waals surface area (Å²) in [7, 11) is 0. The molecule has 0 aromatic carbocycles. The molecule has 136 valence electrons. The number of ether oxygens (including phenoxy) is 2. The SMILES string of the molecule is CCC(C)(C)CCOC(=O)c1ccc(C(=O)OC(C)(C)C(C)C)o1. The molecule has 0 saturated carbocycles. The lowest BCUT2D eigenvalue weighted by molar-refractivity contribution is -0.0251. The van der Waals surface area contributed by atoms with Crippen LogP contribution in [0.3, 0.4) is 0 Å². The molecule has 0 radical (unpaired) electrons. The van der Waals surface area contributed by atoms with Gasteiger partial charge in [-0.2, -0.15) is 0 Å². The molecule has 1 aromatic heterocycles. The lowest BCUT2D eigenvalue weighted by Crippen LogP contribution is -2.33. The molecule has 24 heavy (non-hydrogen) atoms. The van der Waals surface area contributed by atoms with E-state index in [9.17, 15) is 9.59 Å². The second-order valence-electron chi connectivity index (χ2n) is 7.72. The highest BCUT2D eigenvalue weighted by Crippen LogP contribution is 2.25. The van der Waals surface area contributed by atoms with E-state index in [1.807, 2.05) is 27.7 Å². The number of hydrogen-bond donors (Lipinski definition) is 0. The van der Waals surface area contributed by atoms with E-state index >= 15 is 0 Å². The Balaban J connectivity index is 2.62. The van der Waals surface area contributed by atoms with Gasteiger partial charge in [0.05, 0.1) is 6.61 Å². The van der Waals surface area contributed by atoms with Gasteiger partial charge in [-0.05, 0) is 43.7 Å². The number of carbonyl (C=O) groups excluding carboxylic acids is 2. The molecule has 0 aliphatic heterocycles. The Morgan fingerprint density at radius 2 is 1.62 bits per heavy atom. The van der Waals surface area contributed by atoms with Gasteiger partial charge in [0.15, 0.2) is 0 Å². The Labute approximate surface area is 144 Å². The van der Waals surface area contributed by atoms with Crippen LogP contribution >= 0.6 is 0 Å². The molecule has 0 amide bonds. The zero-order valence-electron chi connectivity index (χ0n) is 15.9. The predicted octanol–water partition coefficient (Wildman–Crippen LogP) is 4.85. The number of rotatable bonds is 8. The van der Waals surface area contributed by atoms with Crippen LogP contribution in [0.2, 0.25) is 0 Å². The van der Waals surface area contributed by atoms with Gasteiger partial charge >= 0.3 is 11.9 Å². The minimum Gasteiger partial charge on any atom is -0.460 e. The average molecular weight is 338 g/mol. The summed E-state index contributed by atoms with van der Waals surface area (Å²) < 4.78 is 15.9. The molecule has 0 aliphatic carbocycles. The third-order valence-electron chi connectivity index (χ3n) is 4.72. The molecule has 5 heteroatoms. The van der Waals surface area contributed by atoms with Crippen molar-refractivity contribution in [1.82, 2.24) is 0 Å². The van der Waals surface area contributed by atoms with Crippen LogP contribution in [0.1, 0.15) is 82.4 Å². The molecule has 1 heterocycles. The summed E-state index contributed by atoms with van der Waals surface area (Å²) in [5.74, 6) is -0.977. The molecule has 0 bridgehead atoms. The van der Waals surface area contributed by atoms with Crippen LogP contribution in [-0.4, -0.2) is 24.1 Å². The highest BCUT2D eigenvalue weighted by Gasteiger charge is 2.29. The minimum atomic E-state index is -0.615. The Bertz CT molecular complexity index is 566. The van der Waals surface area contributed by atoms with Crippen molar-refractivity contribution in [2.75, 3.05) is 6.61 Å². The van der Waals surface area contributed by atoms with Crippen LogP contribution in [-0.2, 0) is 9.47 Å². The lowest BCUT2D eigenvalue weighted by atomic mass is 9.87. The molecular formula is C19H30O5. The number of hydrogen-bond acceptors (Lipinski definition) is 5. The van der Waals surface area contributed by atoms with Gasteiger partial charge in [0.25, 0.3) is 0 Å². The predicted molar refractivity (Wildman–Crippen MR) is 92.0 cm³/mol. The quantitative estimate of drug-likeness (QED) is 0.634. The van der Waals surface area contributed by atoms with E-state index in [0.29, 0.717) is 6.61 Å². The van der Waals surface area contributed by atoms with E-state index in [-0.39, 0.29) is 22.9 Å². The van der Waals surface area contributed by atoms with Gasteiger partial charge < -0.3 is 13.9 Å². The molecule has 1 aromatic rings. The van der Waals surface area contributed by atoms with Crippen molar-refractivity contribution in [2.24, 2.45) is 11.3 Å². The van der Waals surface area contributed by atoms with Crippen molar-refractivity contribution in [2.45, 2.75) is 66.9 Å². The van der Waals surface area contributed by atoms with Crippen LogP contribution in [0, 0.1) is 11.3 Å². The molecule has 0 unspecified atom stereocenters. The first-order chi connectivity index (χ1) is 11.0. The van der Waals surface area contributed by atoms with Crippen molar-refractivity contribution in [1.29, 1.82) is 0 Å². The summed E-state index contributed by atoms with van der Waals surface area (Å²) in [5.41, 5.74) is -0.489. The Kier molecular flexibility index (Phi) is 6.64. The maximum absolute atomic E-state index is 12.1. The highest BCUT2D eigenvalue weighted by molar-refractivity contribution is 5.91. The van der Waals surface area contributed by atoms with E-state index in [1.165, 1.54) is 12.1 Å². The van der Waals surface area contributed by atoms with Gasteiger partial charge in [-0.25, -0.2) is 9.59 Å². The van der Waals surface area contributed by atoms with Gasteiger partial charge in [0.2, 0.25) is 11.5 Å². The third kappa shape index (κ3) is 5.69. The molecule has 1 rings (SSSR count). The summed E-state index contributed by atoms with van der Waals surface area (Å²) in [5, 5.41) is 0. The van der Waals surface area contributed by atoms with Gasteiger partial charge in [-0.15, -0.1) is 0 Å². The van der Waals surface area contributed by atoms with Gasteiger partial charge in [0.1, 0.15) is 5.60 Å². The molecule has 5 nitrogen and oxygen atoms in total. The van der Waals surface area contributed by atoms with Crippen LogP contribution in [0.25, 0.3) is 0 Å². The molecule has 0 saturated heterocycles. The van der Waals surface area contributed by atoms with Crippen LogP contribution in [0.5, 0.6) is 0 Å². The fraction of sp³-hybridized carbons (Fsp3) is 0.684. The topological polar surface area (TPSA) is 65.7 Å². The van der Waals surface area contributed by atoms with E-state index in [2.05, 4.69) is 20.8 Å². The first kappa shape index (κ1) is 20.3. The molecule has 0 fully saturated rings. The molecular weight excluding hydrogens is 308 g/mol. The first-order valence-corrected chi connectivity index (χ1v) is 8.49. The van der Waals surface area contributed by atoms with E-state index in [0.717, 1.165) is 12.8 Å². The summed E-state index contributed by atoms with van der Waals surface area (Å²) in [4.78, 5) is 24.1. The molecule has 0 N–H and O–H groups in total. The minimum absolute atomic E-state index is 0.00423. The summed E-state index contributed by atoms with van der Waals surface area (Å²) in [6.45, 7) is 14.3. The third-order valence-corrected chi connectivity index (χ3v) is 4.72.